The van der Waals surface area contributed by atoms with Crippen molar-refractivity contribution in [1.29, 1.82) is 0 Å². The van der Waals surface area contributed by atoms with E-state index in [1.165, 1.54) is 10.7 Å². The largest absolute Gasteiger partial charge is 0.389 e. The summed E-state index contributed by atoms with van der Waals surface area (Å²) in [5.74, 6) is -4.05. The zero-order valence-corrected chi connectivity index (χ0v) is 23.4. The van der Waals surface area contributed by atoms with Crippen LogP contribution in [0.2, 0.25) is 0 Å². The molecular formula is C28H34F5N7O2. The molecule has 14 heteroatoms. The minimum Gasteiger partial charge on any atom is -0.349 e. The van der Waals surface area contributed by atoms with Crippen molar-refractivity contribution in [2.24, 2.45) is 11.8 Å². The number of amides is 2. The summed E-state index contributed by atoms with van der Waals surface area (Å²) >= 11 is 0. The summed E-state index contributed by atoms with van der Waals surface area (Å²) in [6, 6.07) is 2.07. The van der Waals surface area contributed by atoms with Gasteiger partial charge in [-0.3, -0.25) is 14.3 Å². The van der Waals surface area contributed by atoms with Gasteiger partial charge in [0.1, 0.15) is 5.69 Å². The third-order valence-electron chi connectivity index (χ3n) is 7.99. The molecule has 3 aromatic heterocycles. The van der Waals surface area contributed by atoms with Crippen LogP contribution in [0.25, 0.3) is 5.65 Å². The maximum Gasteiger partial charge on any atom is 0.389 e. The van der Waals surface area contributed by atoms with E-state index in [1.807, 2.05) is 13.8 Å². The maximum absolute atomic E-state index is 14.0. The molecule has 0 aliphatic heterocycles. The van der Waals surface area contributed by atoms with Crippen LogP contribution in [-0.4, -0.2) is 48.3 Å². The summed E-state index contributed by atoms with van der Waals surface area (Å²) in [4.78, 5) is 30.4. The first-order valence-corrected chi connectivity index (χ1v) is 14.2. The summed E-state index contributed by atoms with van der Waals surface area (Å²) in [5, 5.41) is 14.4. The van der Waals surface area contributed by atoms with Gasteiger partial charge in [0.15, 0.2) is 5.65 Å². The highest BCUT2D eigenvalue weighted by Crippen LogP contribution is 2.43. The number of alkyl halides is 5. The SMILES string of the molecule is CC(C)n1nccc1C(=O)N[C@H](c1cn2ncc(C(NC(=O)CCC(F)(F)F)C3CC3)cc2n1)C1CCC(F)(F)CC1. The molecule has 2 N–H and O–H groups in total. The lowest BCUT2D eigenvalue weighted by Crippen LogP contribution is -2.38. The van der Waals surface area contributed by atoms with E-state index in [0.717, 1.165) is 12.8 Å². The number of halogens is 5. The zero-order chi connectivity index (χ0) is 30.2. The van der Waals surface area contributed by atoms with E-state index in [-0.39, 0.29) is 43.6 Å². The Morgan fingerprint density at radius 2 is 1.74 bits per heavy atom. The van der Waals surface area contributed by atoms with Gasteiger partial charge >= 0.3 is 6.18 Å². The van der Waals surface area contributed by atoms with Gasteiger partial charge in [0.2, 0.25) is 11.8 Å². The van der Waals surface area contributed by atoms with Gasteiger partial charge < -0.3 is 10.6 Å². The van der Waals surface area contributed by atoms with E-state index < -0.39 is 48.8 Å². The molecule has 0 radical (unpaired) electrons. The molecule has 2 amide bonds. The number of carbonyl (C=O) groups is 2. The van der Waals surface area contributed by atoms with Crippen molar-refractivity contribution >= 4 is 17.5 Å². The normalized spacial score (nSPS) is 19.1. The zero-order valence-electron chi connectivity index (χ0n) is 23.4. The molecule has 42 heavy (non-hydrogen) atoms. The Morgan fingerprint density at radius 3 is 2.38 bits per heavy atom. The van der Waals surface area contributed by atoms with Crippen LogP contribution in [0.3, 0.4) is 0 Å². The highest BCUT2D eigenvalue weighted by molar-refractivity contribution is 5.92. The molecule has 1 unspecified atom stereocenters. The Morgan fingerprint density at radius 1 is 1.05 bits per heavy atom. The first kappa shape index (κ1) is 29.9. The number of imidazole rings is 1. The third-order valence-corrected chi connectivity index (χ3v) is 7.99. The van der Waals surface area contributed by atoms with E-state index >= 15 is 0 Å². The van der Waals surface area contributed by atoms with Crippen LogP contribution in [0.4, 0.5) is 22.0 Å². The van der Waals surface area contributed by atoms with Gasteiger partial charge in [-0.15, -0.1) is 0 Å². The summed E-state index contributed by atoms with van der Waals surface area (Å²) in [5.41, 5.74) is 1.82. The number of fused-ring (bicyclic) bond motifs is 1. The van der Waals surface area contributed by atoms with Crippen LogP contribution in [0, 0.1) is 11.8 Å². The number of hydrogen-bond donors (Lipinski definition) is 2. The lowest BCUT2D eigenvalue weighted by Gasteiger charge is -2.33. The average Bonchev–Trinajstić information content (AvgIpc) is 3.47. The minimum absolute atomic E-state index is 0.0706. The topological polar surface area (TPSA) is 106 Å². The van der Waals surface area contributed by atoms with Crippen LogP contribution in [-0.2, 0) is 4.79 Å². The van der Waals surface area contributed by atoms with Crippen LogP contribution in [0.5, 0.6) is 0 Å². The number of rotatable bonds is 10. The van der Waals surface area contributed by atoms with Crippen LogP contribution in [0.1, 0.15) is 105 Å². The molecular weight excluding hydrogens is 561 g/mol. The Hall–Kier alpha value is -3.58. The number of nitrogens with one attached hydrogen (secondary N) is 2. The molecule has 0 spiro atoms. The predicted octanol–water partition coefficient (Wildman–Crippen LogP) is 5.71. The van der Waals surface area contributed by atoms with Gasteiger partial charge in [-0.25, -0.2) is 18.3 Å². The highest BCUT2D eigenvalue weighted by Gasteiger charge is 2.40. The van der Waals surface area contributed by atoms with Crippen molar-refractivity contribution in [3.8, 4) is 0 Å². The molecule has 0 saturated heterocycles. The van der Waals surface area contributed by atoms with Crippen molar-refractivity contribution in [2.75, 3.05) is 0 Å². The average molecular weight is 596 g/mol. The van der Waals surface area contributed by atoms with E-state index in [1.54, 1.807) is 29.2 Å². The Kier molecular flexibility index (Phi) is 8.26. The second-order valence-corrected chi connectivity index (χ2v) is 11.7. The number of carbonyl (C=O) groups excluding carboxylic acids is 2. The molecule has 0 aromatic carbocycles. The maximum atomic E-state index is 14.0. The Labute approximate surface area is 239 Å². The van der Waals surface area contributed by atoms with Crippen molar-refractivity contribution in [3.63, 3.8) is 0 Å². The molecule has 2 fully saturated rings. The van der Waals surface area contributed by atoms with E-state index in [2.05, 4.69) is 20.8 Å². The van der Waals surface area contributed by atoms with Gasteiger partial charge in [0.25, 0.3) is 5.91 Å². The third kappa shape index (κ3) is 7.06. The summed E-state index contributed by atoms with van der Waals surface area (Å²) in [7, 11) is 0. The molecule has 0 bridgehead atoms. The number of nitrogens with zero attached hydrogens (tertiary/aromatic N) is 5. The molecule has 3 aromatic rings. The predicted molar refractivity (Wildman–Crippen MR) is 142 cm³/mol. The van der Waals surface area contributed by atoms with E-state index in [0.29, 0.717) is 22.6 Å². The summed E-state index contributed by atoms with van der Waals surface area (Å²) < 4.78 is 68.9. The van der Waals surface area contributed by atoms with Gasteiger partial charge in [0.05, 0.1) is 36.6 Å². The van der Waals surface area contributed by atoms with Gasteiger partial charge in [-0.05, 0) is 69.1 Å². The minimum atomic E-state index is -4.42. The quantitative estimate of drug-likeness (QED) is 0.292. The molecule has 2 atom stereocenters. The summed E-state index contributed by atoms with van der Waals surface area (Å²) in [6.45, 7) is 3.78. The molecule has 5 rings (SSSR count). The van der Waals surface area contributed by atoms with Gasteiger partial charge in [-0.1, -0.05) is 0 Å². The second kappa shape index (κ2) is 11.6. The monoisotopic (exact) mass is 595 g/mol. The Balaban J connectivity index is 1.40. The molecule has 3 heterocycles. The van der Waals surface area contributed by atoms with Crippen molar-refractivity contribution in [3.05, 3.63) is 47.7 Å². The number of hydrogen-bond acceptors (Lipinski definition) is 5. The highest BCUT2D eigenvalue weighted by atomic mass is 19.4. The van der Waals surface area contributed by atoms with E-state index in [4.69, 9.17) is 4.98 Å². The first-order chi connectivity index (χ1) is 19.8. The first-order valence-electron chi connectivity index (χ1n) is 14.2. The molecule has 2 aliphatic rings. The standard InChI is InChI=1S/C28H34F5N7O2/c1-16(2)40-21(8-12-34-40)26(42)38-25(18-5-9-27(29,30)10-6-18)20-15-39-22(36-20)13-19(14-35-39)24(17-3-4-17)37-23(41)7-11-28(31,32)33/h8,12-18,24-25H,3-7,9-11H2,1-2H3,(H,37,41)(H,38,42)/t24?,25-/m0/s1. The smallest absolute Gasteiger partial charge is 0.349 e. The molecule has 9 nitrogen and oxygen atoms in total. The molecule has 2 saturated carbocycles. The van der Waals surface area contributed by atoms with Crippen LogP contribution in [0.15, 0.2) is 30.7 Å². The fraction of sp³-hybridized carbons (Fsp3) is 0.607. The fourth-order valence-electron chi connectivity index (χ4n) is 5.58. The van der Waals surface area contributed by atoms with Crippen molar-refractivity contribution < 1.29 is 31.5 Å². The molecule has 228 valence electrons. The van der Waals surface area contributed by atoms with Crippen LogP contribution < -0.4 is 10.6 Å². The van der Waals surface area contributed by atoms with Crippen molar-refractivity contribution in [1.82, 2.24) is 35.0 Å². The summed E-state index contributed by atoms with van der Waals surface area (Å²) in [6.07, 6.45) is -0.113. The number of aromatic nitrogens is 5. The fourth-order valence-corrected chi connectivity index (χ4v) is 5.58. The second-order valence-electron chi connectivity index (χ2n) is 11.7. The van der Waals surface area contributed by atoms with Gasteiger partial charge in [0, 0.05) is 31.5 Å². The Bertz CT molecular complexity index is 1420. The van der Waals surface area contributed by atoms with E-state index in [9.17, 15) is 31.5 Å². The van der Waals surface area contributed by atoms with Crippen LogP contribution >= 0.6 is 0 Å². The van der Waals surface area contributed by atoms with Gasteiger partial charge in [-0.2, -0.15) is 23.4 Å². The lowest BCUT2D eigenvalue weighted by atomic mass is 9.81. The molecule has 2 aliphatic carbocycles. The van der Waals surface area contributed by atoms with Crippen molar-refractivity contribution in [2.45, 2.75) is 95.4 Å². The lowest BCUT2D eigenvalue weighted by molar-refractivity contribution is -0.144.